The van der Waals surface area contributed by atoms with Gasteiger partial charge in [0.25, 0.3) is 0 Å². The summed E-state index contributed by atoms with van der Waals surface area (Å²) in [5.74, 6) is -1.80. The van der Waals surface area contributed by atoms with Gasteiger partial charge in [-0.25, -0.2) is 0 Å². The maximum Gasteiger partial charge on any atom is 0.313 e. The summed E-state index contributed by atoms with van der Waals surface area (Å²) in [6, 6.07) is 8.69. The van der Waals surface area contributed by atoms with Crippen molar-refractivity contribution in [2.45, 2.75) is 5.92 Å². The molecule has 1 rings (SSSR count). The molecule has 1 aromatic carbocycles. The maximum absolute atomic E-state index is 10.6. The van der Waals surface area contributed by atoms with Gasteiger partial charge in [0.2, 0.25) is 0 Å². The standard InChI is InChI=1S/C9H10O3/c10-6-8(9(11)12)7-4-2-1-3-5-7/h1-5,8,10H,6H2,(H,11,12)/i8+1,9+1. The molecular weight excluding hydrogens is 158 g/mol. The average molecular weight is 168 g/mol. The maximum atomic E-state index is 10.6. The van der Waals surface area contributed by atoms with E-state index >= 15 is 0 Å². The van der Waals surface area contributed by atoms with Gasteiger partial charge in [0.1, 0.15) is 5.92 Å². The first-order valence-corrected chi connectivity index (χ1v) is 3.64. The topological polar surface area (TPSA) is 57.5 Å². The molecule has 1 aromatic rings. The highest BCUT2D eigenvalue weighted by atomic mass is 16.5. The molecule has 0 fully saturated rings. The summed E-state index contributed by atoms with van der Waals surface area (Å²) in [7, 11) is 0. The Kier molecular flexibility index (Phi) is 2.82. The Hall–Kier alpha value is -1.35. The van der Waals surface area contributed by atoms with E-state index in [0.717, 1.165) is 0 Å². The van der Waals surface area contributed by atoms with E-state index in [2.05, 4.69) is 0 Å². The van der Waals surface area contributed by atoms with E-state index in [4.69, 9.17) is 10.2 Å². The number of aliphatic hydroxyl groups excluding tert-OH is 1. The molecule has 0 saturated heterocycles. The average Bonchev–Trinajstić information content (AvgIpc) is 2.07. The first-order valence-electron chi connectivity index (χ1n) is 3.64. The lowest BCUT2D eigenvalue weighted by atomic mass is 10.2. The lowest BCUT2D eigenvalue weighted by molar-refractivity contribution is -0.139. The van der Waals surface area contributed by atoms with Crippen LogP contribution in [0.2, 0.25) is 0 Å². The second-order valence-electron chi connectivity index (χ2n) is 2.48. The molecular formula is C9H10O3. The normalized spacial score (nSPS) is 12.4. The zero-order valence-corrected chi connectivity index (χ0v) is 6.47. The Balaban J connectivity index is 2.88. The Bertz CT molecular complexity index is 256. The molecule has 0 amide bonds. The Labute approximate surface area is 70.3 Å². The number of hydrogen-bond acceptors (Lipinski definition) is 2. The molecule has 1 atom stereocenters. The summed E-state index contributed by atoms with van der Waals surface area (Å²) in [6.07, 6.45) is 0. The first kappa shape index (κ1) is 8.74. The molecule has 3 heteroatoms. The summed E-state index contributed by atoms with van der Waals surface area (Å²) >= 11 is 0. The predicted molar refractivity (Wildman–Crippen MR) is 43.9 cm³/mol. The van der Waals surface area contributed by atoms with Crippen LogP contribution >= 0.6 is 0 Å². The second kappa shape index (κ2) is 3.88. The van der Waals surface area contributed by atoms with Crippen molar-refractivity contribution in [3.05, 3.63) is 35.9 Å². The molecule has 1 unspecified atom stereocenters. The lowest BCUT2D eigenvalue weighted by Gasteiger charge is -2.07. The number of carboxylic acid groups (broad SMARTS) is 1. The largest absolute Gasteiger partial charge is 0.481 e. The van der Waals surface area contributed by atoms with Gasteiger partial charge in [0, 0.05) is 0 Å². The number of benzene rings is 1. The summed E-state index contributed by atoms with van der Waals surface area (Å²) in [6.45, 7) is -0.362. The minimum Gasteiger partial charge on any atom is -0.481 e. The number of hydrogen-bond donors (Lipinski definition) is 2. The van der Waals surface area contributed by atoms with Gasteiger partial charge in [-0.05, 0) is 5.56 Å². The van der Waals surface area contributed by atoms with Crippen molar-refractivity contribution in [1.82, 2.24) is 0 Å². The van der Waals surface area contributed by atoms with Crippen LogP contribution < -0.4 is 0 Å². The summed E-state index contributed by atoms with van der Waals surface area (Å²) in [4.78, 5) is 10.6. The number of rotatable bonds is 3. The van der Waals surface area contributed by atoms with Crippen LogP contribution in [-0.2, 0) is 4.79 Å². The summed E-state index contributed by atoms with van der Waals surface area (Å²) in [5.41, 5.74) is 0.632. The first-order chi connectivity index (χ1) is 5.75. The highest BCUT2D eigenvalue weighted by Gasteiger charge is 2.17. The van der Waals surface area contributed by atoms with E-state index in [1.54, 1.807) is 30.3 Å². The van der Waals surface area contributed by atoms with Crippen LogP contribution in [0.15, 0.2) is 30.3 Å². The lowest BCUT2D eigenvalue weighted by Crippen LogP contribution is -2.15. The number of carbonyl (C=O) groups is 1. The van der Waals surface area contributed by atoms with Gasteiger partial charge < -0.3 is 10.2 Å². The molecule has 2 N–H and O–H groups in total. The van der Waals surface area contributed by atoms with Gasteiger partial charge in [-0.1, -0.05) is 30.3 Å². The molecule has 0 saturated carbocycles. The molecule has 0 radical (unpaired) electrons. The third-order valence-electron chi connectivity index (χ3n) is 1.68. The monoisotopic (exact) mass is 168 g/mol. The van der Waals surface area contributed by atoms with E-state index in [-0.39, 0.29) is 6.61 Å². The Morgan fingerprint density at radius 3 is 2.33 bits per heavy atom. The van der Waals surface area contributed by atoms with Crippen molar-refractivity contribution in [3.8, 4) is 0 Å². The van der Waals surface area contributed by atoms with Gasteiger partial charge in [0.05, 0.1) is 6.61 Å². The van der Waals surface area contributed by atoms with E-state index in [1.165, 1.54) is 0 Å². The van der Waals surface area contributed by atoms with Crippen molar-refractivity contribution < 1.29 is 15.0 Å². The van der Waals surface area contributed by atoms with E-state index in [9.17, 15) is 4.79 Å². The van der Waals surface area contributed by atoms with Crippen molar-refractivity contribution in [2.24, 2.45) is 0 Å². The third-order valence-corrected chi connectivity index (χ3v) is 1.68. The molecule has 0 bridgehead atoms. The molecule has 0 aromatic heterocycles. The van der Waals surface area contributed by atoms with E-state index in [0.29, 0.717) is 5.56 Å². The fourth-order valence-corrected chi connectivity index (χ4v) is 1.01. The van der Waals surface area contributed by atoms with Gasteiger partial charge in [-0.15, -0.1) is 0 Å². The van der Waals surface area contributed by atoms with Gasteiger partial charge in [0.15, 0.2) is 0 Å². The second-order valence-corrected chi connectivity index (χ2v) is 2.48. The van der Waals surface area contributed by atoms with Crippen LogP contribution in [0.1, 0.15) is 11.5 Å². The van der Waals surface area contributed by atoms with Crippen molar-refractivity contribution in [1.29, 1.82) is 0 Å². The van der Waals surface area contributed by atoms with Gasteiger partial charge >= 0.3 is 5.97 Å². The molecule has 0 aliphatic rings. The quantitative estimate of drug-likeness (QED) is 0.658. The van der Waals surface area contributed by atoms with Crippen LogP contribution in [0.5, 0.6) is 0 Å². The zero-order valence-electron chi connectivity index (χ0n) is 6.47. The minimum absolute atomic E-state index is 0.362. The highest BCUT2D eigenvalue weighted by molar-refractivity contribution is 5.76. The molecule has 0 heterocycles. The molecule has 64 valence electrons. The van der Waals surface area contributed by atoms with E-state index < -0.39 is 11.9 Å². The molecule has 0 aliphatic heterocycles. The molecule has 12 heavy (non-hydrogen) atoms. The smallest absolute Gasteiger partial charge is 0.313 e. The van der Waals surface area contributed by atoms with Crippen LogP contribution in [0, 0.1) is 0 Å². The van der Waals surface area contributed by atoms with Gasteiger partial charge in [-0.3, -0.25) is 4.79 Å². The van der Waals surface area contributed by atoms with Crippen LogP contribution in [0.25, 0.3) is 0 Å². The molecule has 3 nitrogen and oxygen atoms in total. The molecule has 0 aliphatic carbocycles. The fraction of sp³-hybridized carbons (Fsp3) is 0.222. The number of aliphatic carboxylic acids is 1. The SMILES string of the molecule is O=[13C](O)[13CH](CO)c1ccccc1. The van der Waals surface area contributed by atoms with Crippen molar-refractivity contribution in [3.63, 3.8) is 0 Å². The third kappa shape index (κ3) is 1.83. The summed E-state index contributed by atoms with van der Waals surface area (Å²) < 4.78 is 0. The van der Waals surface area contributed by atoms with Crippen LogP contribution in [-0.4, -0.2) is 22.8 Å². The molecule has 0 spiro atoms. The predicted octanol–water partition coefficient (Wildman–Crippen LogP) is 0.847. The van der Waals surface area contributed by atoms with Gasteiger partial charge in [-0.2, -0.15) is 0 Å². The van der Waals surface area contributed by atoms with Crippen LogP contribution in [0.3, 0.4) is 0 Å². The Morgan fingerprint density at radius 2 is 1.92 bits per heavy atom. The number of aliphatic hydroxyl groups is 1. The minimum atomic E-state index is -0.997. The van der Waals surface area contributed by atoms with E-state index in [1.807, 2.05) is 0 Å². The van der Waals surface area contributed by atoms with Crippen LogP contribution in [0.4, 0.5) is 0 Å². The van der Waals surface area contributed by atoms with Crippen molar-refractivity contribution in [2.75, 3.05) is 6.61 Å². The summed E-state index contributed by atoms with van der Waals surface area (Å²) in [5, 5.41) is 17.4. The number of carboxylic acids is 1. The highest BCUT2D eigenvalue weighted by Crippen LogP contribution is 2.14. The zero-order chi connectivity index (χ0) is 8.97. The fourth-order valence-electron chi connectivity index (χ4n) is 1.01. The Morgan fingerprint density at radius 1 is 1.33 bits per heavy atom. The van der Waals surface area contributed by atoms with Crippen molar-refractivity contribution >= 4 is 5.97 Å².